The first-order valence-electron chi connectivity index (χ1n) is 5.64. The predicted octanol–water partition coefficient (Wildman–Crippen LogP) is 3.39. The van der Waals surface area contributed by atoms with Gasteiger partial charge in [-0.1, -0.05) is 47.6 Å². The van der Waals surface area contributed by atoms with Gasteiger partial charge in [-0.3, -0.25) is 0 Å². The lowest BCUT2D eigenvalue weighted by atomic mass is 10.1. The Morgan fingerprint density at radius 1 is 0.889 bits per heavy atom. The van der Waals surface area contributed by atoms with Crippen molar-refractivity contribution in [1.29, 1.82) is 0 Å². The molecule has 1 N–H and O–H groups in total. The molecule has 0 atom stereocenters. The third kappa shape index (κ3) is 1.66. The quantitative estimate of drug-likeness (QED) is 0.521. The molecule has 3 heteroatoms. The van der Waals surface area contributed by atoms with E-state index < -0.39 is 0 Å². The summed E-state index contributed by atoms with van der Waals surface area (Å²) < 4.78 is 5.57. The van der Waals surface area contributed by atoms with Gasteiger partial charge in [-0.2, -0.15) is 0 Å². The van der Waals surface area contributed by atoms with Crippen molar-refractivity contribution in [2.24, 2.45) is 5.16 Å². The van der Waals surface area contributed by atoms with Crippen LogP contribution < -0.4 is 5.36 Å². The summed E-state index contributed by atoms with van der Waals surface area (Å²) in [5, 5.41) is 14.0. The van der Waals surface area contributed by atoms with E-state index in [9.17, 15) is 5.21 Å². The van der Waals surface area contributed by atoms with Gasteiger partial charge in [0.15, 0.2) is 0 Å². The highest BCUT2D eigenvalue weighted by Crippen LogP contribution is 2.19. The van der Waals surface area contributed by atoms with Crippen LogP contribution in [-0.4, -0.2) is 5.21 Å². The Bertz CT molecular complexity index is 745. The maximum atomic E-state index is 9.26. The van der Waals surface area contributed by atoms with Gasteiger partial charge in [0.05, 0.1) is 0 Å². The molecule has 0 amide bonds. The lowest BCUT2D eigenvalue weighted by molar-refractivity contribution is 0.303. The normalized spacial score (nSPS) is 11.9. The summed E-state index contributed by atoms with van der Waals surface area (Å²) in [5.74, 6) is 0. The molecule has 0 fully saturated rings. The van der Waals surface area contributed by atoms with Gasteiger partial charge in [-0.15, -0.1) is 0 Å². The van der Waals surface area contributed by atoms with Crippen LogP contribution in [0.15, 0.2) is 70.4 Å². The van der Waals surface area contributed by atoms with Gasteiger partial charge in [-0.05, 0) is 17.7 Å². The monoisotopic (exact) mass is 237 g/mol. The van der Waals surface area contributed by atoms with Crippen LogP contribution >= 0.6 is 0 Å². The van der Waals surface area contributed by atoms with Crippen molar-refractivity contribution < 1.29 is 9.62 Å². The number of nitrogens with zero attached hydrogens (tertiary/aromatic N) is 1. The topological polar surface area (TPSA) is 45.7 Å². The summed E-state index contributed by atoms with van der Waals surface area (Å²) in [6, 6.07) is 17.2. The van der Waals surface area contributed by atoms with Gasteiger partial charge in [0, 0.05) is 10.9 Å². The maximum absolute atomic E-state index is 9.26. The molecule has 0 bridgehead atoms. The zero-order chi connectivity index (χ0) is 12.4. The second kappa shape index (κ2) is 4.37. The van der Waals surface area contributed by atoms with Crippen molar-refractivity contribution >= 4 is 11.0 Å². The SMILES string of the molecule is ON=c1c(-c2ccccc2)coc2ccccc12. The summed E-state index contributed by atoms with van der Waals surface area (Å²) in [5.41, 5.74) is 2.43. The lowest BCUT2D eigenvalue weighted by Gasteiger charge is -2.04. The summed E-state index contributed by atoms with van der Waals surface area (Å²) in [6.07, 6.45) is 1.62. The van der Waals surface area contributed by atoms with Crippen LogP contribution in [0.1, 0.15) is 0 Å². The molecule has 0 saturated carbocycles. The van der Waals surface area contributed by atoms with Crippen LogP contribution in [-0.2, 0) is 0 Å². The first-order chi connectivity index (χ1) is 8.90. The minimum atomic E-state index is 0.531. The molecule has 88 valence electrons. The fourth-order valence-electron chi connectivity index (χ4n) is 2.02. The van der Waals surface area contributed by atoms with Crippen molar-refractivity contribution in [3.05, 3.63) is 66.2 Å². The van der Waals surface area contributed by atoms with Crippen LogP contribution in [0.3, 0.4) is 0 Å². The van der Waals surface area contributed by atoms with Crippen LogP contribution in [0.2, 0.25) is 0 Å². The van der Waals surface area contributed by atoms with Crippen molar-refractivity contribution in [1.82, 2.24) is 0 Å². The van der Waals surface area contributed by atoms with Crippen molar-refractivity contribution in [2.45, 2.75) is 0 Å². The van der Waals surface area contributed by atoms with Gasteiger partial charge >= 0.3 is 0 Å². The lowest BCUT2D eigenvalue weighted by Crippen LogP contribution is -2.07. The van der Waals surface area contributed by atoms with E-state index in [-0.39, 0.29) is 0 Å². The van der Waals surface area contributed by atoms with E-state index >= 15 is 0 Å². The van der Waals surface area contributed by atoms with Gasteiger partial charge in [0.25, 0.3) is 0 Å². The minimum Gasteiger partial charge on any atom is -0.464 e. The first kappa shape index (κ1) is 10.6. The third-order valence-corrected chi connectivity index (χ3v) is 2.89. The molecular formula is C15H11NO2. The second-order valence-corrected chi connectivity index (χ2v) is 3.96. The zero-order valence-electron chi connectivity index (χ0n) is 9.58. The van der Waals surface area contributed by atoms with Crippen LogP contribution in [0.5, 0.6) is 0 Å². The van der Waals surface area contributed by atoms with E-state index in [1.165, 1.54) is 0 Å². The molecule has 3 nitrogen and oxygen atoms in total. The van der Waals surface area contributed by atoms with Gasteiger partial charge < -0.3 is 9.62 Å². The minimum absolute atomic E-state index is 0.531. The fraction of sp³-hybridized carbons (Fsp3) is 0. The number of rotatable bonds is 1. The highest BCUT2D eigenvalue weighted by molar-refractivity contribution is 5.81. The Morgan fingerprint density at radius 2 is 1.61 bits per heavy atom. The van der Waals surface area contributed by atoms with Gasteiger partial charge in [0.1, 0.15) is 17.2 Å². The summed E-state index contributed by atoms with van der Waals surface area (Å²) >= 11 is 0. The average Bonchev–Trinajstić information content (AvgIpc) is 2.47. The van der Waals surface area contributed by atoms with Crippen LogP contribution in [0.25, 0.3) is 22.1 Å². The molecule has 0 saturated heterocycles. The van der Waals surface area contributed by atoms with E-state index in [1.807, 2.05) is 54.6 Å². The Kier molecular flexibility index (Phi) is 2.57. The standard InChI is InChI=1S/C15H11NO2/c17-16-15-12-8-4-5-9-14(12)18-10-13(15)11-6-2-1-3-7-11/h1-10,17H. The van der Waals surface area contributed by atoms with E-state index in [0.717, 1.165) is 16.5 Å². The number of hydrogen-bond donors (Lipinski definition) is 1. The highest BCUT2D eigenvalue weighted by Gasteiger charge is 2.06. The molecule has 0 aliphatic heterocycles. The molecular weight excluding hydrogens is 226 g/mol. The predicted molar refractivity (Wildman–Crippen MR) is 69.0 cm³/mol. The maximum Gasteiger partial charge on any atom is 0.136 e. The third-order valence-electron chi connectivity index (χ3n) is 2.89. The molecule has 0 unspecified atom stereocenters. The Hall–Kier alpha value is -2.55. The summed E-state index contributed by atoms with van der Waals surface area (Å²) in [4.78, 5) is 0. The van der Waals surface area contributed by atoms with Crippen molar-refractivity contribution in [3.8, 4) is 11.1 Å². The van der Waals surface area contributed by atoms with E-state index in [2.05, 4.69) is 5.16 Å². The van der Waals surface area contributed by atoms with E-state index in [0.29, 0.717) is 10.9 Å². The van der Waals surface area contributed by atoms with Gasteiger partial charge in [0.2, 0.25) is 0 Å². The molecule has 0 spiro atoms. The number of para-hydroxylation sites is 1. The molecule has 0 aliphatic carbocycles. The van der Waals surface area contributed by atoms with E-state index in [4.69, 9.17) is 4.42 Å². The number of fused-ring (bicyclic) bond motifs is 1. The smallest absolute Gasteiger partial charge is 0.136 e. The zero-order valence-corrected chi connectivity index (χ0v) is 9.58. The fourth-order valence-corrected chi connectivity index (χ4v) is 2.02. The molecule has 1 heterocycles. The first-order valence-corrected chi connectivity index (χ1v) is 5.64. The summed E-state index contributed by atoms with van der Waals surface area (Å²) in [7, 11) is 0. The van der Waals surface area contributed by atoms with Crippen LogP contribution in [0, 0.1) is 0 Å². The molecule has 18 heavy (non-hydrogen) atoms. The molecule has 0 radical (unpaired) electrons. The highest BCUT2D eigenvalue weighted by atomic mass is 16.4. The average molecular weight is 237 g/mol. The molecule has 0 aliphatic rings. The molecule has 2 aromatic carbocycles. The molecule has 3 aromatic rings. The molecule has 3 rings (SSSR count). The second-order valence-electron chi connectivity index (χ2n) is 3.96. The summed E-state index contributed by atoms with van der Waals surface area (Å²) in [6.45, 7) is 0. The van der Waals surface area contributed by atoms with Crippen molar-refractivity contribution in [2.75, 3.05) is 0 Å². The number of benzene rings is 2. The van der Waals surface area contributed by atoms with Crippen molar-refractivity contribution in [3.63, 3.8) is 0 Å². The molecule has 1 aromatic heterocycles. The van der Waals surface area contributed by atoms with E-state index in [1.54, 1.807) is 6.26 Å². The van der Waals surface area contributed by atoms with Crippen LogP contribution in [0.4, 0.5) is 0 Å². The Labute approximate surface area is 104 Å². The van der Waals surface area contributed by atoms with Gasteiger partial charge in [-0.25, -0.2) is 0 Å². The largest absolute Gasteiger partial charge is 0.464 e. The Balaban J connectivity index is 2.39. The number of hydrogen-bond acceptors (Lipinski definition) is 3. The Morgan fingerprint density at radius 3 is 2.39 bits per heavy atom.